The molecule has 1 aromatic carbocycles. The zero-order chi connectivity index (χ0) is 15.4. The fraction of sp³-hybridized carbons (Fsp3) is 0.562. The van der Waals surface area contributed by atoms with E-state index in [0.29, 0.717) is 16.6 Å². The second-order valence-electron chi connectivity index (χ2n) is 5.92. The fourth-order valence-electron chi connectivity index (χ4n) is 2.86. The Labute approximate surface area is 131 Å². The van der Waals surface area contributed by atoms with Gasteiger partial charge in [0.2, 0.25) is 0 Å². The van der Waals surface area contributed by atoms with Gasteiger partial charge in [0.1, 0.15) is 0 Å². The van der Waals surface area contributed by atoms with Gasteiger partial charge in [-0.25, -0.2) is 0 Å². The molecule has 21 heavy (non-hydrogen) atoms. The number of anilines is 1. The first kappa shape index (κ1) is 16.1. The number of piperidine rings is 1. The third-order valence-electron chi connectivity index (χ3n) is 3.99. The van der Waals surface area contributed by atoms with Gasteiger partial charge >= 0.3 is 0 Å². The molecule has 2 rings (SSSR count). The molecular formula is C16H24ClN3O. The monoisotopic (exact) mass is 309 g/mol. The molecule has 1 saturated heterocycles. The molecule has 116 valence electrons. The molecular weight excluding hydrogens is 286 g/mol. The summed E-state index contributed by atoms with van der Waals surface area (Å²) in [5.74, 6) is -0.435. The van der Waals surface area contributed by atoms with Crippen LogP contribution in [0.4, 0.5) is 5.69 Å². The SMILES string of the molecule is CC(C)N(CC1CCCCN1)c1ccc(Cl)cc1C(N)=O. The van der Waals surface area contributed by atoms with Gasteiger partial charge in [-0.05, 0) is 51.4 Å². The molecule has 1 aromatic rings. The summed E-state index contributed by atoms with van der Waals surface area (Å²) in [5, 5.41) is 4.08. The maximum absolute atomic E-state index is 11.7. The van der Waals surface area contributed by atoms with E-state index in [-0.39, 0.29) is 6.04 Å². The Kier molecular flexibility index (Phi) is 5.48. The number of rotatable bonds is 5. The average Bonchev–Trinajstić information content (AvgIpc) is 2.46. The molecule has 3 N–H and O–H groups in total. The van der Waals surface area contributed by atoms with Gasteiger partial charge in [-0.15, -0.1) is 0 Å². The maximum Gasteiger partial charge on any atom is 0.250 e. The van der Waals surface area contributed by atoms with Crippen LogP contribution in [0.3, 0.4) is 0 Å². The first-order valence-electron chi connectivity index (χ1n) is 7.58. The van der Waals surface area contributed by atoms with Crippen molar-refractivity contribution in [1.82, 2.24) is 5.32 Å². The first-order chi connectivity index (χ1) is 9.99. The maximum atomic E-state index is 11.7. The van der Waals surface area contributed by atoms with Crippen LogP contribution in [0.2, 0.25) is 5.02 Å². The average molecular weight is 310 g/mol. The molecule has 0 bridgehead atoms. The summed E-state index contributed by atoms with van der Waals surface area (Å²) in [6, 6.07) is 6.10. The van der Waals surface area contributed by atoms with Gasteiger partial charge in [0.15, 0.2) is 0 Å². The normalized spacial score (nSPS) is 18.8. The van der Waals surface area contributed by atoms with E-state index in [9.17, 15) is 4.79 Å². The second-order valence-corrected chi connectivity index (χ2v) is 6.36. The highest BCUT2D eigenvalue weighted by Crippen LogP contribution is 2.26. The lowest BCUT2D eigenvalue weighted by Crippen LogP contribution is -2.46. The number of nitrogens with two attached hydrogens (primary N) is 1. The summed E-state index contributed by atoms with van der Waals surface area (Å²) < 4.78 is 0. The van der Waals surface area contributed by atoms with Crippen molar-refractivity contribution in [3.63, 3.8) is 0 Å². The minimum Gasteiger partial charge on any atom is -0.367 e. The van der Waals surface area contributed by atoms with Crippen molar-refractivity contribution in [2.75, 3.05) is 18.0 Å². The van der Waals surface area contributed by atoms with E-state index < -0.39 is 5.91 Å². The van der Waals surface area contributed by atoms with Gasteiger partial charge in [-0.2, -0.15) is 0 Å². The van der Waals surface area contributed by atoms with E-state index in [0.717, 1.165) is 18.8 Å². The van der Waals surface area contributed by atoms with Crippen molar-refractivity contribution in [3.8, 4) is 0 Å². The Balaban J connectivity index is 2.27. The minimum absolute atomic E-state index is 0.285. The topological polar surface area (TPSA) is 58.4 Å². The van der Waals surface area contributed by atoms with Crippen LogP contribution >= 0.6 is 11.6 Å². The highest BCUT2D eigenvalue weighted by molar-refractivity contribution is 6.31. The van der Waals surface area contributed by atoms with Crippen molar-refractivity contribution in [2.45, 2.75) is 45.2 Å². The summed E-state index contributed by atoms with van der Waals surface area (Å²) in [6.07, 6.45) is 3.67. The largest absolute Gasteiger partial charge is 0.367 e. The molecule has 0 radical (unpaired) electrons. The lowest BCUT2D eigenvalue weighted by Gasteiger charge is -2.35. The number of carbonyl (C=O) groups is 1. The van der Waals surface area contributed by atoms with E-state index >= 15 is 0 Å². The van der Waals surface area contributed by atoms with E-state index in [2.05, 4.69) is 24.1 Å². The van der Waals surface area contributed by atoms with Crippen LogP contribution in [0.25, 0.3) is 0 Å². The lowest BCUT2D eigenvalue weighted by molar-refractivity contribution is 0.100. The molecule has 1 fully saturated rings. The van der Waals surface area contributed by atoms with Crippen LogP contribution < -0.4 is 16.0 Å². The van der Waals surface area contributed by atoms with E-state index in [4.69, 9.17) is 17.3 Å². The zero-order valence-corrected chi connectivity index (χ0v) is 13.5. The van der Waals surface area contributed by atoms with Crippen LogP contribution in [-0.4, -0.2) is 31.1 Å². The predicted molar refractivity (Wildman–Crippen MR) is 88.1 cm³/mol. The van der Waals surface area contributed by atoms with Crippen LogP contribution in [0, 0.1) is 0 Å². The van der Waals surface area contributed by atoms with Crippen molar-refractivity contribution < 1.29 is 4.79 Å². The van der Waals surface area contributed by atoms with Crippen LogP contribution in [0.15, 0.2) is 18.2 Å². The molecule has 1 aliphatic rings. The molecule has 1 aliphatic heterocycles. The minimum atomic E-state index is -0.435. The number of hydrogen-bond acceptors (Lipinski definition) is 3. The van der Waals surface area contributed by atoms with Crippen LogP contribution in [0.1, 0.15) is 43.5 Å². The number of primary amides is 1. The Morgan fingerprint density at radius 1 is 1.48 bits per heavy atom. The summed E-state index contributed by atoms with van der Waals surface area (Å²) in [4.78, 5) is 14.0. The summed E-state index contributed by atoms with van der Waals surface area (Å²) in [6.45, 7) is 6.20. The number of nitrogens with zero attached hydrogens (tertiary/aromatic N) is 1. The number of carbonyl (C=O) groups excluding carboxylic acids is 1. The smallest absolute Gasteiger partial charge is 0.250 e. The molecule has 0 aromatic heterocycles. The molecule has 1 atom stereocenters. The van der Waals surface area contributed by atoms with Crippen molar-refractivity contribution in [1.29, 1.82) is 0 Å². The summed E-state index contributed by atoms with van der Waals surface area (Å²) in [5.41, 5.74) is 6.88. The van der Waals surface area contributed by atoms with Crippen molar-refractivity contribution >= 4 is 23.2 Å². The predicted octanol–water partition coefficient (Wildman–Crippen LogP) is 2.80. The molecule has 1 heterocycles. The van der Waals surface area contributed by atoms with E-state index in [1.807, 2.05) is 12.1 Å². The lowest BCUT2D eigenvalue weighted by atomic mass is 10.0. The molecule has 5 heteroatoms. The molecule has 0 aliphatic carbocycles. The van der Waals surface area contributed by atoms with E-state index in [1.54, 1.807) is 6.07 Å². The number of amides is 1. The Bertz CT molecular complexity index is 498. The molecule has 0 spiro atoms. The standard InChI is InChI=1S/C16H24ClN3O/c1-11(2)20(10-13-5-3-4-8-19-13)15-7-6-12(17)9-14(15)16(18)21/h6-7,9,11,13,19H,3-5,8,10H2,1-2H3,(H2,18,21). The third kappa shape index (κ3) is 4.11. The van der Waals surface area contributed by atoms with Crippen LogP contribution in [0.5, 0.6) is 0 Å². The first-order valence-corrected chi connectivity index (χ1v) is 7.96. The van der Waals surface area contributed by atoms with Crippen LogP contribution in [-0.2, 0) is 0 Å². The molecule has 0 saturated carbocycles. The molecule has 1 unspecified atom stereocenters. The quantitative estimate of drug-likeness (QED) is 0.879. The van der Waals surface area contributed by atoms with E-state index in [1.165, 1.54) is 19.3 Å². The Hall–Kier alpha value is -1.26. The fourth-order valence-corrected chi connectivity index (χ4v) is 3.03. The highest BCUT2D eigenvalue weighted by Gasteiger charge is 2.22. The Morgan fingerprint density at radius 2 is 2.24 bits per heavy atom. The summed E-state index contributed by atoms with van der Waals surface area (Å²) in [7, 11) is 0. The zero-order valence-electron chi connectivity index (χ0n) is 12.7. The van der Waals surface area contributed by atoms with Gasteiger partial charge in [0.25, 0.3) is 5.91 Å². The van der Waals surface area contributed by atoms with Gasteiger partial charge in [0, 0.05) is 29.3 Å². The van der Waals surface area contributed by atoms with Gasteiger partial charge in [-0.3, -0.25) is 4.79 Å². The van der Waals surface area contributed by atoms with Gasteiger partial charge in [0.05, 0.1) is 5.56 Å². The Morgan fingerprint density at radius 3 is 2.81 bits per heavy atom. The van der Waals surface area contributed by atoms with Gasteiger partial charge in [-0.1, -0.05) is 18.0 Å². The van der Waals surface area contributed by atoms with Crippen molar-refractivity contribution in [3.05, 3.63) is 28.8 Å². The third-order valence-corrected chi connectivity index (χ3v) is 4.22. The van der Waals surface area contributed by atoms with Gasteiger partial charge < -0.3 is 16.0 Å². The molecule has 1 amide bonds. The number of nitrogens with one attached hydrogen (secondary N) is 1. The number of benzene rings is 1. The number of halogens is 1. The summed E-state index contributed by atoms with van der Waals surface area (Å²) >= 11 is 6.00. The molecule has 4 nitrogen and oxygen atoms in total. The highest BCUT2D eigenvalue weighted by atomic mass is 35.5. The number of hydrogen-bond donors (Lipinski definition) is 2. The second kappa shape index (κ2) is 7.14. The van der Waals surface area contributed by atoms with Crippen molar-refractivity contribution in [2.24, 2.45) is 5.73 Å².